The van der Waals surface area contributed by atoms with Gasteiger partial charge in [0, 0.05) is 6.54 Å². The van der Waals surface area contributed by atoms with E-state index in [1.165, 1.54) is 0 Å². The summed E-state index contributed by atoms with van der Waals surface area (Å²) in [4.78, 5) is 11.1. The number of morpholine rings is 1. The molecule has 3 heteroatoms. The van der Waals surface area contributed by atoms with Crippen molar-refractivity contribution in [3.63, 3.8) is 0 Å². The predicted molar refractivity (Wildman–Crippen MR) is 52.7 cm³/mol. The molecule has 0 aliphatic carbocycles. The van der Waals surface area contributed by atoms with Gasteiger partial charge in [-0.2, -0.15) is 0 Å². The average molecular weight is 191 g/mol. The third kappa shape index (κ3) is 1.77. The molecule has 1 aromatic carbocycles. The molecule has 1 aliphatic heterocycles. The van der Waals surface area contributed by atoms with Crippen molar-refractivity contribution in [1.82, 2.24) is 5.32 Å². The Hall–Kier alpha value is -1.35. The van der Waals surface area contributed by atoms with E-state index in [0.717, 1.165) is 5.56 Å². The second-order valence-electron chi connectivity index (χ2n) is 3.42. The zero-order valence-corrected chi connectivity index (χ0v) is 8.07. The fourth-order valence-corrected chi connectivity index (χ4v) is 1.56. The summed E-state index contributed by atoms with van der Waals surface area (Å²) in [6.45, 7) is 2.33. The van der Waals surface area contributed by atoms with Gasteiger partial charge in [0.05, 0.1) is 0 Å². The zero-order chi connectivity index (χ0) is 9.97. The smallest absolute Gasteiger partial charge is 0.248 e. The number of ether oxygens (including phenoxy) is 1. The Morgan fingerprint density at radius 1 is 1.36 bits per heavy atom. The molecule has 0 spiro atoms. The summed E-state index contributed by atoms with van der Waals surface area (Å²) in [5.74, 6) is -0.0304. The zero-order valence-electron chi connectivity index (χ0n) is 8.07. The molecule has 2 atom stereocenters. The fourth-order valence-electron chi connectivity index (χ4n) is 1.56. The maximum absolute atomic E-state index is 11.1. The molecule has 1 aliphatic rings. The molecule has 14 heavy (non-hydrogen) atoms. The Labute approximate surface area is 83.1 Å². The average Bonchev–Trinajstić information content (AvgIpc) is 2.23. The molecule has 1 fully saturated rings. The molecule has 1 amide bonds. The van der Waals surface area contributed by atoms with Crippen LogP contribution in [0.3, 0.4) is 0 Å². The summed E-state index contributed by atoms with van der Waals surface area (Å²) in [6, 6.07) is 9.93. The van der Waals surface area contributed by atoms with E-state index in [-0.39, 0.29) is 18.1 Å². The molecule has 1 heterocycles. The highest BCUT2D eigenvalue weighted by Crippen LogP contribution is 2.20. The number of benzene rings is 1. The van der Waals surface area contributed by atoms with Crippen LogP contribution in [0.2, 0.25) is 0 Å². The largest absolute Gasteiger partial charge is 0.359 e. The third-order valence-electron chi connectivity index (χ3n) is 2.37. The van der Waals surface area contributed by atoms with Crippen molar-refractivity contribution in [3.8, 4) is 0 Å². The number of carbonyl (C=O) groups is 1. The van der Waals surface area contributed by atoms with Gasteiger partial charge in [0.1, 0.15) is 12.2 Å². The van der Waals surface area contributed by atoms with Crippen molar-refractivity contribution < 1.29 is 9.53 Å². The summed E-state index contributed by atoms with van der Waals surface area (Å²) >= 11 is 0. The highest BCUT2D eigenvalue weighted by Gasteiger charge is 2.25. The van der Waals surface area contributed by atoms with E-state index in [1.54, 1.807) is 6.92 Å². The molecule has 1 aromatic rings. The van der Waals surface area contributed by atoms with Gasteiger partial charge in [-0.25, -0.2) is 0 Å². The van der Waals surface area contributed by atoms with Gasteiger partial charge in [-0.1, -0.05) is 30.3 Å². The molecule has 0 saturated carbocycles. The normalized spacial score (nSPS) is 27.1. The van der Waals surface area contributed by atoms with Crippen molar-refractivity contribution in [2.24, 2.45) is 0 Å². The number of rotatable bonds is 1. The topological polar surface area (TPSA) is 38.3 Å². The number of hydrogen-bond donors (Lipinski definition) is 1. The van der Waals surface area contributed by atoms with E-state index in [1.807, 2.05) is 30.3 Å². The minimum absolute atomic E-state index is 0.0103. The molecule has 0 radical (unpaired) electrons. The Morgan fingerprint density at radius 2 is 2.07 bits per heavy atom. The highest BCUT2D eigenvalue weighted by molar-refractivity contribution is 5.81. The summed E-state index contributed by atoms with van der Waals surface area (Å²) in [5.41, 5.74) is 1.11. The van der Waals surface area contributed by atoms with Crippen molar-refractivity contribution >= 4 is 5.91 Å². The SMILES string of the molecule is C[C@@H]1O[C@H](c2ccccc2)CNC1=O. The van der Waals surface area contributed by atoms with Crippen molar-refractivity contribution in [2.45, 2.75) is 19.1 Å². The predicted octanol–water partition coefficient (Wildman–Crippen LogP) is 1.26. The van der Waals surface area contributed by atoms with Crippen molar-refractivity contribution in [3.05, 3.63) is 35.9 Å². The summed E-state index contributed by atoms with van der Waals surface area (Å²) in [6.07, 6.45) is -0.363. The lowest BCUT2D eigenvalue weighted by molar-refractivity contribution is -0.142. The molecular formula is C11H13NO2. The van der Waals surface area contributed by atoms with Crippen LogP contribution in [0.1, 0.15) is 18.6 Å². The molecule has 74 valence electrons. The first-order valence-corrected chi connectivity index (χ1v) is 4.75. The molecule has 2 rings (SSSR count). The molecule has 0 bridgehead atoms. The van der Waals surface area contributed by atoms with Crippen LogP contribution in [-0.2, 0) is 9.53 Å². The number of amides is 1. The van der Waals surface area contributed by atoms with Crippen LogP contribution in [0, 0.1) is 0 Å². The molecule has 0 aromatic heterocycles. The molecule has 3 nitrogen and oxygen atoms in total. The van der Waals surface area contributed by atoms with Gasteiger partial charge in [0.25, 0.3) is 0 Å². The van der Waals surface area contributed by atoms with Crippen LogP contribution in [0.5, 0.6) is 0 Å². The first kappa shape index (κ1) is 9.21. The fraction of sp³-hybridized carbons (Fsp3) is 0.364. The minimum atomic E-state index is -0.353. The number of nitrogens with one attached hydrogen (secondary N) is 1. The van der Waals surface area contributed by atoms with Gasteiger partial charge in [-0.3, -0.25) is 4.79 Å². The van der Waals surface area contributed by atoms with Gasteiger partial charge in [-0.15, -0.1) is 0 Å². The standard InChI is InChI=1S/C11H13NO2/c1-8-11(13)12-7-10(14-8)9-5-3-2-4-6-9/h2-6,8,10H,7H2,1H3,(H,12,13)/t8-,10-/m0/s1. The van der Waals surface area contributed by atoms with Crippen LogP contribution in [0.4, 0.5) is 0 Å². The van der Waals surface area contributed by atoms with Crippen molar-refractivity contribution in [2.75, 3.05) is 6.54 Å². The number of hydrogen-bond acceptors (Lipinski definition) is 2. The van der Waals surface area contributed by atoms with Gasteiger partial charge in [-0.05, 0) is 12.5 Å². The Balaban J connectivity index is 2.11. The first-order valence-electron chi connectivity index (χ1n) is 4.75. The quantitative estimate of drug-likeness (QED) is 0.725. The third-order valence-corrected chi connectivity index (χ3v) is 2.37. The number of carbonyl (C=O) groups excluding carboxylic acids is 1. The second-order valence-corrected chi connectivity index (χ2v) is 3.42. The van der Waals surface area contributed by atoms with E-state index in [4.69, 9.17) is 4.74 Å². The highest BCUT2D eigenvalue weighted by atomic mass is 16.5. The monoisotopic (exact) mass is 191 g/mol. The van der Waals surface area contributed by atoms with Gasteiger partial charge >= 0.3 is 0 Å². The molecule has 1 saturated heterocycles. The van der Waals surface area contributed by atoms with Crippen LogP contribution in [0.25, 0.3) is 0 Å². The van der Waals surface area contributed by atoms with Crippen LogP contribution >= 0.6 is 0 Å². The van der Waals surface area contributed by atoms with E-state index < -0.39 is 0 Å². The van der Waals surface area contributed by atoms with Gasteiger partial charge < -0.3 is 10.1 Å². The van der Waals surface area contributed by atoms with Crippen LogP contribution < -0.4 is 5.32 Å². The van der Waals surface area contributed by atoms with Crippen LogP contribution in [-0.4, -0.2) is 18.6 Å². The molecular weight excluding hydrogens is 178 g/mol. The summed E-state index contributed by atoms with van der Waals surface area (Å²) in [5, 5.41) is 2.82. The van der Waals surface area contributed by atoms with E-state index in [2.05, 4.69) is 5.32 Å². The maximum atomic E-state index is 11.1. The van der Waals surface area contributed by atoms with Gasteiger partial charge in [0.15, 0.2) is 0 Å². The summed E-state index contributed by atoms with van der Waals surface area (Å²) in [7, 11) is 0. The lowest BCUT2D eigenvalue weighted by atomic mass is 10.1. The Kier molecular flexibility index (Phi) is 2.50. The maximum Gasteiger partial charge on any atom is 0.248 e. The van der Waals surface area contributed by atoms with E-state index in [0.29, 0.717) is 6.54 Å². The molecule has 1 N–H and O–H groups in total. The minimum Gasteiger partial charge on any atom is -0.359 e. The molecule has 0 unspecified atom stereocenters. The Morgan fingerprint density at radius 3 is 2.71 bits per heavy atom. The van der Waals surface area contributed by atoms with Gasteiger partial charge in [0.2, 0.25) is 5.91 Å². The Bertz CT molecular complexity index is 323. The summed E-state index contributed by atoms with van der Waals surface area (Å²) < 4.78 is 5.57. The van der Waals surface area contributed by atoms with E-state index >= 15 is 0 Å². The van der Waals surface area contributed by atoms with Crippen LogP contribution in [0.15, 0.2) is 30.3 Å². The first-order chi connectivity index (χ1) is 6.77. The van der Waals surface area contributed by atoms with E-state index in [9.17, 15) is 4.79 Å². The lowest BCUT2D eigenvalue weighted by Gasteiger charge is -2.28. The second kappa shape index (κ2) is 3.80. The van der Waals surface area contributed by atoms with Crippen molar-refractivity contribution in [1.29, 1.82) is 0 Å². The lowest BCUT2D eigenvalue weighted by Crippen LogP contribution is -2.44.